The van der Waals surface area contributed by atoms with Crippen LogP contribution in [0, 0.1) is 10.1 Å². The zero-order valence-corrected chi connectivity index (χ0v) is 17.1. The quantitative estimate of drug-likeness (QED) is 0.435. The fraction of sp³-hybridized carbons (Fsp3) is 0.316. The summed E-state index contributed by atoms with van der Waals surface area (Å²) in [5.41, 5.74) is 1.08. The Morgan fingerprint density at radius 2 is 1.97 bits per heavy atom. The highest BCUT2D eigenvalue weighted by Gasteiger charge is 2.31. The average molecular weight is 433 g/mol. The summed E-state index contributed by atoms with van der Waals surface area (Å²) in [6.07, 6.45) is -0.0501. The zero-order chi connectivity index (χ0) is 21.8. The van der Waals surface area contributed by atoms with Gasteiger partial charge in [0.2, 0.25) is 0 Å². The number of esters is 1. The number of hydrogen-bond acceptors (Lipinski definition) is 8. The van der Waals surface area contributed by atoms with E-state index >= 15 is 0 Å². The van der Waals surface area contributed by atoms with E-state index in [1.807, 2.05) is 0 Å². The minimum absolute atomic E-state index is 0.131. The molecule has 0 spiro atoms. The van der Waals surface area contributed by atoms with Gasteiger partial charge in [0.15, 0.2) is 0 Å². The molecular weight excluding hydrogens is 414 g/mol. The molecule has 0 fully saturated rings. The Hall–Kier alpha value is -3.47. The Balaban J connectivity index is 1.90. The number of carbonyl (C=O) groups is 3. The van der Waals surface area contributed by atoms with Gasteiger partial charge in [-0.05, 0) is 31.0 Å². The SMILES string of the molecule is CCOC(=O)c1c(NC(=O)c2ccc([N+](=O)[O-])cc2)sc2c1CCN(C(=O)OC)C2. The van der Waals surface area contributed by atoms with Gasteiger partial charge in [-0.25, -0.2) is 9.59 Å². The van der Waals surface area contributed by atoms with E-state index in [2.05, 4.69) is 5.32 Å². The molecule has 158 valence electrons. The molecule has 2 aromatic rings. The number of anilines is 1. The lowest BCUT2D eigenvalue weighted by atomic mass is 10.0. The number of hydrogen-bond donors (Lipinski definition) is 1. The molecule has 0 unspecified atom stereocenters. The molecule has 11 heteroatoms. The fourth-order valence-electron chi connectivity index (χ4n) is 3.11. The smallest absolute Gasteiger partial charge is 0.409 e. The first-order valence-corrected chi connectivity index (χ1v) is 9.87. The normalized spacial score (nSPS) is 12.7. The summed E-state index contributed by atoms with van der Waals surface area (Å²) >= 11 is 1.19. The van der Waals surface area contributed by atoms with Crippen LogP contribution in [0.25, 0.3) is 0 Å². The molecule has 1 N–H and O–H groups in total. The van der Waals surface area contributed by atoms with Crippen LogP contribution in [0.4, 0.5) is 15.5 Å². The highest BCUT2D eigenvalue weighted by Crippen LogP contribution is 2.38. The number of methoxy groups -OCH3 is 1. The van der Waals surface area contributed by atoms with Gasteiger partial charge in [0.1, 0.15) is 5.00 Å². The maximum Gasteiger partial charge on any atom is 0.409 e. The van der Waals surface area contributed by atoms with Gasteiger partial charge < -0.3 is 19.7 Å². The van der Waals surface area contributed by atoms with Crippen molar-refractivity contribution < 1.29 is 28.8 Å². The number of ether oxygens (including phenoxy) is 2. The highest BCUT2D eigenvalue weighted by atomic mass is 32.1. The number of nitrogens with zero attached hydrogens (tertiary/aromatic N) is 2. The van der Waals surface area contributed by atoms with Crippen molar-refractivity contribution in [3.8, 4) is 0 Å². The molecule has 1 aromatic carbocycles. The first-order valence-electron chi connectivity index (χ1n) is 9.06. The Morgan fingerprint density at radius 1 is 1.27 bits per heavy atom. The largest absolute Gasteiger partial charge is 0.462 e. The van der Waals surface area contributed by atoms with Crippen molar-refractivity contribution >= 4 is 40.0 Å². The number of fused-ring (bicyclic) bond motifs is 1. The zero-order valence-electron chi connectivity index (χ0n) is 16.3. The molecule has 30 heavy (non-hydrogen) atoms. The minimum Gasteiger partial charge on any atom is -0.462 e. The Bertz CT molecular complexity index is 1000. The van der Waals surface area contributed by atoms with Crippen LogP contribution < -0.4 is 5.32 Å². The van der Waals surface area contributed by atoms with E-state index < -0.39 is 22.9 Å². The van der Waals surface area contributed by atoms with Gasteiger partial charge in [0.25, 0.3) is 11.6 Å². The molecule has 0 bridgehead atoms. The predicted octanol–water partition coefficient (Wildman–Crippen LogP) is 3.21. The van der Waals surface area contributed by atoms with Crippen molar-refractivity contribution in [1.29, 1.82) is 0 Å². The van der Waals surface area contributed by atoms with E-state index in [4.69, 9.17) is 9.47 Å². The van der Waals surface area contributed by atoms with E-state index in [0.717, 1.165) is 10.4 Å². The molecule has 1 aliphatic rings. The number of carbonyl (C=O) groups excluding carboxylic acids is 3. The number of non-ortho nitro benzene ring substituents is 1. The standard InChI is InChI=1S/C19H19N3O7S/c1-3-29-18(24)15-13-8-9-21(19(25)28-2)10-14(13)30-17(15)20-16(23)11-4-6-12(7-5-11)22(26)27/h4-7H,3,8-10H2,1-2H3,(H,20,23). The van der Waals surface area contributed by atoms with Crippen molar-refractivity contribution in [1.82, 2.24) is 4.90 Å². The summed E-state index contributed by atoms with van der Waals surface area (Å²) in [7, 11) is 1.30. The van der Waals surface area contributed by atoms with Crippen molar-refractivity contribution in [2.75, 3.05) is 25.6 Å². The van der Waals surface area contributed by atoms with Gasteiger partial charge in [0.05, 0.1) is 30.7 Å². The molecule has 0 saturated carbocycles. The van der Waals surface area contributed by atoms with Crippen molar-refractivity contribution in [2.24, 2.45) is 0 Å². The van der Waals surface area contributed by atoms with E-state index in [-0.39, 0.29) is 30.0 Å². The number of thiophene rings is 1. The van der Waals surface area contributed by atoms with Crippen molar-refractivity contribution in [3.63, 3.8) is 0 Å². The van der Waals surface area contributed by atoms with Crippen LogP contribution in [0.3, 0.4) is 0 Å². The molecule has 2 amide bonds. The predicted molar refractivity (Wildman–Crippen MR) is 108 cm³/mol. The number of benzene rings is 1. The monoisotopic (exact) mass is 433 g/mol. The van der Waals surface area contributed by atoms with Crippen LogP contribution in [-0.2, 0) is 22.4 Å². The van der Waals surface area contributed by atoms with Gasteiger partial charge in [0, 0.05) is 29.1 Å². The number of rotatable bonds is 5. The molecule has 0 radical (unpaired) electrons. The Labute approximate surface area is 175 Å². The molecule has 0 saturated heterocycles. The average Bonchev–Trinajstić information content (AvgIpc) is 3.10. The number of nitro groups is 1. The third kappa shape index (κ3) is 4.25. The number of amides is 2. The van der Waals surface area contributed by atoms with Crippen molar-refractivity contribution in [3.05, 3.63) is 55.9 Å². The summed E-state index contributed by atoms with van der Waals surface area (Å²) < 4.78 is 9.91. The second kappa shape index (κ2) is 8.91. The maximum absolute atomic E-state index is 12.6. The van der Waals surface area contributed by atoms with Crippen LogP contribution in [0.5, 0.6) is 0 Å². The minimum atomic E-state index is -0.555. The van der Waals surface area contributed by atoms with E-state index in [0.29, 0.717) is 18.0 Å². The van der Waals surface area contributed by atoms with Gasteiger partial charge in [-0.1, -0.05) is 0 Å². The van der Waals surface area contributed by atoms with Crippen LogP contribution in [0.15, 0.2) is 24.3 Å². The summed E-state index contributed by atoms with van der Waals surface area (Å²) in [5, 5.41) is 13.8. The molecular formula is C19H19N3O7S. The lowest BCUT2D eigenvalue weighted by Gasteiger charge is -2.25. The topological polar surface area (TPSA) is 128 Å². The summed E-state index contributed by atoms with van der Waals surface area (Å²) in [4.78, 5) is 49.5. The third-order valence-corrected chi connectivity index (χ3v) is 5.67. The van der Waals surface area contributed by atoms with E-state index in [1.165, 1.54) is 47.6 Å². The van der Waals surface area contributed by atoms with Gasteiger partial charge in [-0.15, -0.1) is 11.3 Å². The molecule has 0 atom stereocenters. The van der Waals surface area contributed by atoms with Crippen molar-refractivity contribution in [2.45, 2.75) is 19.9 Å². The number of nitro benzene ring substituents is 1. The molecule has 2 heterocycles. The Kier molecular flexibility index (Phi) is 6.31. The molecule has 1 aromatic heterocycles. The maximum atomic E-state index is 12.6. The number of nitrogens with one attached hydrogen (secondary N) is 1. The molecule has 10 nitrogen and oxygen atoms in total. The second-order valence-corrected chi connectivity index (χ2v) is 7.43. The molecule has 1 aliphatic heterocycles. The first kappa shape index (κ1) is 21.2. The fourth-order valence-corrected chi connectivity index (χ4v) is 4.35. The van der Waals surface area contributed by atoms with Gasteiger partial charge in [-0.3, -0.25) is 14.9 Å². The van der Waals surface area contributed by atoms with Gasteiger partial charge >= 0.3 is 12.1 Å². The van der Waals surface area contributed by atoms with E-state index in [1.54, 1.807) is 6.92 Å². The summed E-state index contributed by atoms with van der Waals surface area (Å²) in [5.74, 6) is -1.07. The second-order valence-electron chi connectivity index (χ2n) is 6.33. The lowest BCUT2D eigenvalue weighted by Crippen LogP contribution is -2.35. The summed E-state index contributed by atoms with van der Waals surface area (Å²) in [6, 6.07) is 5.14. The van der Waals surface area contributed by atoms with Crippen LogP contribution in [0.2, 0.25) is 0 Å². The Morgan fingerprint density at radius 3 is 2.57 bits per heavy atom. The molecule has 3 rings (SSSR count). The van der Waals surface area contributed by atoms with Crippen LogP contribution in [-0.4, -0.2) is 48.1 Å². The third-order valence-electron chi connectivity index (χ3n) is 4.54. The first-order chi connectivity index (χ1) is 14.3. The molecule has 0 aliphatic carbocycles. The van der Waals surface area contributed by atoms with Crippen LogP contribution >= 0.6 is 11.3 Å². The van der Waals surface area contributed by atoms with Gasteiger partial charge in [-0.2, -0.15) is 0 Å². The van der Waals surface area contributed by atoms with E-state index in [9.17, 15) is 24.5 Å². The lowest BCUT2D eigenvalue weighted by molar-refractivity contribution is -0.384. The highest BCUT2D eigenvalue weighted by molar-refractivity contribution is 7.17. The summed E-state index contributed by atoms with van der Waals surface area (Å²) in [6.45, 7) is 2.49. The van der Waals surface area contributed by atoms with Crippen LogP contribution in [0.1, 0.15) is 38.1 Å².